The fourth-order valence-corrected chi connectivity index (χ4v) is 4.11. The number of amides is 1. The van der Waals surface area contributed by atoms with E-state index in [9.17, 15) is 31.1 Å². The number of methoxy groups -OCH3 is 2. The molecular formula is C21H25F6NO3. The highest BCUT2D eigenvalue weighted by molar-refractivity contribution is 5.93. The first-order valence-corrected chi connectivity index (χ1v) is 9.41. The van der Waals surface area contributed by atoms with Gasteiger partial charge in [-0.1, -0.05) is 6.08 Å². The minimum absolute atomic E-state index is 0.0721. The summed E-state index contributed by atoms with van der Waals surface area (Å²) >= 11 is 0. The van der Waals surface area contributed by atoms with Crippen LogP contribution in [-0.4, -0.2) is 31.5 Å². The maximum absolute atomic E-state index is 12.2. The number of halogens is 6. The average Bonchev–Trinajstić information content (AvgIpc) is 3.11. The van der Waals surface area contributed by atoms with Crippen molar-refractivity contribution in [1.82, 2.24) is 5.32 Å². The molecule has 31 heavy (non-hydrogen) atoms. The summed E-state index contributed by atoms with van der Waals surface area (Å²) in [6, 6.07) is 1.46. The molecule has 0 aromatic heterocycles. The molecule has 1 aromatic carbocycles. The molecule has 1 spiro atoms. The van der Waals surface area contributed by atoms with Crippen molar-refractivity contribution in [2.24, 2.45) is 5.41 Å². The maximum Gasteiger partial charge on any atom is 0.416 e. The lowest BCUT2D eigenvalue weighted by Crippen LogP contribution is -2.73. The molecule has 1 heterocycles. The number of nitrogens with one attached hydrogen (secondary N) is 1. The van der Waals surface area contributed by atoms with Crippen LogP contribution < -0.4 is 5.32 Å². The Kier molecular flexibility index (Phi) is 6.60. The second-order valence-corrected chi connectivity index (χ2v) is 8.02. The normalized spacial score (nSPS) is 27.2. The molecule has 10 heteroatoms. The highest BCUT2D eigenvalue weighted by Gasteiger charge is 2.68. The second kappa shape index (κ2) is 8.12. The van der Waals surface area contributed by atoms with Crippen molar-refractivity contribution in [3.8, 4) is 0 Å². The third kappa shape index (κ3) is 4.59. The molecular weight excluding hydrogens is 428 g/mol. The molecule has 3 rings (SSSR count). The Morgan fingerprint density at radius 2 is 1.48 bits per heavy atom. The fourth-order valence-electron chi connectivity index (χ4n) is 4.11. The van der Waals surface area contributed by atoms with Crippen molar-refractivity contribution < 1.29 is 40.6 Å². The predicted octanol–water partition coefficient (Wildman–Crippen LogP) is 5.25. The van der Waals surface area contributed by atoms with E-state index in [1.54, 1.807) is 14.2 Å². The van der Waals surface area contributed by atoms with Gasteiger partial charge in [-0.3, -0.25) is 4.79 Å². The highest BCUT2D eigenvalue weighted by Crippen LogP contribution is 2.57. The minimum Gasteiger partial charge on any atom is -0.353 e. The zero-order valence-corrected chi connectivity index (χ0v) is 17.6. The van der Waals surface area contributed by atoms with E-state index < -0.39 is 34.7 Å². The summed E-state index contributed by atoms with van der Waals surface area (Å²) in [4.78, 5) is 11.9. The van der Waals surface area contributed by atoms with Gasteiger partial charge in [-0.15, -0.1) is 6.58 Å². The monoisotopic (exact) mass is 453 g/mol. The summed E-state index contributed by atoms with van der Waals surface area (Å²) in [7, 11) is 3.26. The molecule has 0 radical (unpaired) electrons. The van der Waals surface area contributed by atoms with E-state index in [-0.39, 0.29) is 23.1 Å². The van der Waals surface area contributed by atoms with Crippen molar-refractivity contribution in [3.05, 3.63) is 47.5 Å². The molecule has 174 valence electrons. The van der Waals surface area contributed by atoms with Gasteiger partial charge in [0.2, 0.25) is 5.91 Å². The molecule has 1 aliphatic heterocycles. The van der Waals surface area contributed by atoms with Crippen LogP contribution in [0.5, 0.6) is 0 Å². The van der Waals surface area contributed by atoms with Gasteiger partial charge in [0.05, 0.1) is 22.1 Å². The summed E-state index contributed by atoms with van der Waals surface area (Å²) < 4.78 is 83.9. The summed E-state index contributed by atoms with van der Waals surface area (Å²) in [5, 5.41) is 2.92. The first kappa shape index (κ1) is 25.2. The Labute approximate surface area is 176 Å². The summed E-state index contributed by atoms with van der Waals surface area (Å²) in [5.41, 5.74) is -3.37. The number of benzene rings is 1. The van der Waals surface area contributed by atoms with Gasteiger partial charge in [0.15, 0.2) is 5.79 Å². The van der Waals surface area contributed by atoms with Crippen molar-refractivity contribution in [2.75, 3.05) is 14.2 Å². The number of β-lactam (4-membered cyclic amide) rings is 1. The van der Waals surface area contributed by atoms with Gasteiger partial charge in [0.25, 0.3) is 0 Å². The molecule has 1 aromatic rings. The predicted molar refractivity (Wildman–Crippen MR) is 101 cm³/mol. The van der Waals surface area contributed by atoms with Gasteiger partial charge in [-0.25, -0.2) is 0 Å². The van der Waals surface area contributed by atoms with Crippen LogP contribution in [0.2, 0.25) is 0 Å². The standard InChI is InChI=1S/C12H19NO3.C9H6F6/c1-5-10(2)11(9(14)13-10)6-7-12(8-11,15-3)16-4;1-5-2-6(8(10,11)12)4-7(3-5)9(13,14)15/h5H,1,6-8H2,2-4H3,(H,13,14);2-4H,1H3. The highest BCUT2D eigenvalue weighted by atomic mass is 19.4. The third-order valence-corrected chi connectivity index (χ3v) is 6.19. The van der Waals surface area contributed by atoms with Gasteiger partial charge in [-0.05, 0) is 44.0 Å². The van der Waals surface area contributed by atoms with Gasteiger partial charge in [-0.2, -0.15) is 26.3 Å². The topological polar surface area (TPSA) is 47.6 Å². The van der Waals surface area contributed by atoms with E-state index in [0.717, 1.165) is 12.8 Å². The largest absolute Gasteiger partial charge is 0.416 e. The van der Waals surface area contributed by atoms with Crippen LogP contribution in [0.25, 0.3) is 0 Å². The molecule has 4 nitrogen and oxygen atoms in total. The zero-order chi connectivity index (χ0) is 23.9. The molecule has 1 saturated carbocycles. The number of rotatable bonds is 3. The van der Waals surface area contributed by atoms with Gasteiger partial charge in [0.1, 0.15) is 0 Å². The van der Waals surface area contributed by atoms with E-state index >= 15 is 0 Å². The van der Waals surface area contributed by atoms with Crippen LogP contribution in [0.4, 0.5) is 26.3 Å². The van der Waals surface area contributed by atoms with E-state index in [4.69, 9.17) is 9.47 Å². The Morgan fingerprint density at radius 1 is 1.00 bits per heavy atom. The van der Waals surface area contributed by atoms with E-state index in [0.29, 0.717) is 18.6 Å². The van der Waals surface area contributed by atoms with Crippen molar-refractivity contribution in [3.63, 3.8) is 0 Å². The Balaban J connectivity index is 0.000000221. The van der Waals surface area contributed by atoms with Crippen LogP contribution in [0.15, 0.2) is 30.9 Å². The molecule has 1 N–H and O–H groups in total. The Morgan fingerprint density at radius 3 is 1.81 bits per heavy atom. The van der Waals surface area contributed by atoms with Gasteiger partial charge < -0.3 is 14.8 Å². The molecule has 2 unspecified atom stereocenters. The Bertz CT molecular complexity index is 814. The number of alkyl halides is 6. The third-order valence-electron chi connectivity index (χ3n) is 6.19. The summed E-state index contributed by atoms with van der Waals surface area (Å²) in [6.45, 7) is 7.00. The number of ether oxygens (including phenoxy) is 2. The summed E-state index contributed by atoms with van der Waals surface area (Å²) in [6.07, 6.45) is -5.57. The second-order valence-electron chi connectivity index (χ2n) is 8.02. The number of hydrogen-bond donors (Lipinski definition) is 1. The molecule has 2 aliphatic rings. The maximum atomic E-state index is 12.2. The minimum atomic E-state index is -4.76. The van der Waals surface area contributed by atoms with Gasteiger partial charge >= 0.3 is 12.4 Å². The smallest absolute Gasteiger partial charge is 0.353 e. The van der Waals surface area contributed by atoms with Crippen molar-refractivity contribution >= 4 is 5.91 Å². The van der Waals surface area contributed by atoms with Crippen LogP contribution in [-0.2, 0) is 26.6 Å². The molecule has 2 fully saturated rings. The van der Waals surface area contributed by atoms with Crippen molar-refractivity contribution in [1.29, 1.82) is 0 Å². The number of carbonyl (C=O) groups excluding carboxylic acids is 1. The van der Waals surface area contributed by atoms with E-state index in [2.05, 4.69) is 11.9 Å². The van der Waals surface area contributed by atoms with Crippen LogP contribution in [0.3, 0.4) is 0 Å². The lowest BCUT2D eigenvalue weighted by Gasteiger charge is -2.54. The average molecular weight is 453 g/mol. The lowest BCUT2D eigenvalue weighted by molar-refractivity contribution is -0.211. The first-order chi connectivity index (χ1) is 14.1. The molecule has 1 aliphatic carbocycles. The summed E-state index contributed by atoms with van der Waals surface area (Å²) in [5.74, 6) is -0.520. The molecule has 1 amide bonds. The molecule has 2 atom stereocenters. The SMILES string of the molecule is C=CC1(C)NC(=O)C12CCC(OC)(OC)C2.Cc1cc(C(F)(F)F)cc(C(F)(F)F)c1. The number of hydrogen-bond acceptors (Lipinski definition) is 3. The van der Waals surface area contributed by atoms with E-state index in [1.165, 1.54) is 6.92 Å². The Hall–Kier alpha value is -2.07. The lowest BCUT2D eigenvalue weighted by atomic mass is 9.61. The van der Waals surface area contributed by atoms with Crippen LogP contribution in [0.1, 0.15) is 42.9 Å². The van der Waals surface area contributed by atoms with Crippen LogP contribution in [0, 0.1) is 12.3 Å². The first-order valence-electron chi connectivity index (χ1n) is 9.41. The number of aryl methyl sites for hydroxylation is 1. The van der Waals surface area contributed by atoms with Crippen molar-refractivity contribution in [2.45, 2.75) is 56.8 Å². The fraction of sp³-hybridized carbons (Fsp3) is 0.571. The van der Waals surface area contributed by atoms with Crippen LogP contribution >= 0.6 is 0 Å². The quantitative estimate of drug-likeness (QED) is 0.294. The van der Waals surface area contributed by atoms with Gasteiger partial charge in [0, 0.05) is 27.1 Å². The molecule has 0 bridgehead atoms. The zero-order valence-electron chi connectivity index (χ0n) is 17.6. The van der Waals surface area contributed by atoms with E-state index in [1.807, 2.05) is 13.0 Å². The number of carbonyl (C=O) groups is 1. The molecule has 1 saturated heterocycles.